The molecule has 0 N–H and O–H groups in total. The molecular formula is C27H24N2O3. The predicted molar refractivity (Wildman–Crippen MR) is 123 cm³/mol. The Morgan fingerprint density at radius 1 is 0.844 bits per heavy atom. The maximum Gasteiger partial charge on any atom is 0.232 e. The lowest BCUT2D eigenvalue weighted by Gasteiger charge is -2.40. The lowest BCUT2D eigenvalue weighted by Crippen LogP contribution is -2.41. The minimum absolute atomic E-state index is 0.00255. The van der Waals surface area contributed by atoms with Crippen molar-refractivity contribution in [3.05, 3.63) is 102 Å². The Morgan fingerprint density at radius 3 is 2.25 bits per heavy atom. The fourth-order valence-corrected chi connectivity index (χ4v) is 4.91. The first-order chi connectivity index (χ1) is 15.7. The van der Waals surface area contributed by atoms with Crippen LogP contribution in [-0.4, -0.2) is 23.8 Å². The number of rotatable bonds is 4. The van der Waals surface area contributed by atoms with Gasteiger partial charge in [-0.15, -0.1) is 0 Å². The van der Waals surface area contributed by atoms with Gasteiger partial charge in [-0.25, -0.2) is 0 Å². The number of amides is 1. The number of hydrogen-bond acceptors (Lipinski definition) is 4. The van der Waals surface area contributed by atoms with E-state index in [0.717, 1.165) is 33.8 Å². The number of allylic oxidation sites excluding steroid dienone is 2. The minimum atomic E-state index is -0.237. The zero-order valence-electron chi connectivity index (χ0n) is 17.9. The largest absolute Gasteiger partial charge is 0.497 e. The molecule has 1 aliphatic heterocycles. The Morgan fingerprint density at radius 2 is 1.56 bits per heavy atom. The second-order valence-corrected chi connectivity index (χ2v) is 8.26. The van der Waals surface area contributed by atoms with Crippen LogP contribution < -0.4 is 9.64 Å². The first-order valence-corrected chi connectivity index (χ1v) is 10.8. The lowest BCUT2D eigenvalue weighted by molar-refractivity contribution is -0.120. The van der Waals surface area contributed by atoms with Gasteiger partial charge in [0.05, 0.1) is 7.11 Å². The van der Waals surface area contributed by atoms with Gasteiger partial charge in [0.2, 0.25) is 5.91 Å². The van der Waals surface area contributed by atoms with Gasteiger partial charge >= 0.3 is 0 Å². The van der Waals surface area contributed by atoms with Crippen molar-refractivity contribution in [1.29, 1.82) is 0 Å². The molecule has 1 aliphatic carbocycles. The van der Waals surface area contributed by atoms with Gasteiger partial charge in [-0.1, -0.05) is 30.3 Å². The number of aromatic nitrogens is 1. The highest BCUT2D eigenvalue weighted by Gasteiger charge is 2.42. The van der Waals surface area contributed by atoms with Crippen LogP contribution in [0.15, 0.2) is 90.4 Å². The number of carbonyl (C=O) groups excluding carboxylic acids is 2. The quantitative estimate of drug-likeness (QED) is 0.591. The van der Waals surface area contributed by atoms with Crippen molar-refractivity contribution in [3.8, 4) is 5.75 Å². The molecule has 1 amide bonds. The third-order valence-electron chi connectivity index (χ3n) is 6.44. The third-order valence-corrected chi connectivity index (χ3v) is 6.44. The van der Waals surface area contributed by atoms with Crippen LogP contribution in [0.5, 0.6) is 5.75 Å². The number of pyridine rings is 1. The van der Waals surface area contributed by atoms with Crippen molar-refractivity contribution in [2.45, 2.75) is 31.1 Å². The van der Waals surface area contributed by atoms with Gasteiger partial charge < -0.3 is 4.74 Å². The van der Waals surface area contributed by atoms with Gasteiger partial charge in [-0.3, -0.25) is 19.5 Å². The average Bonchev–Trinajstić information content (AvgIpc) is 2.84. The normalized spacial score (nSPS) is 20.8. The molecule has 2 atom stereocenters. The van der Waals surface area contributed by atoms with Crippen molar-refractivity contribution in [2.75, 3.05) is 12.0 Å². The Bertz CT molecular complexity index is 1170. The highest BCUT2D eigenvalue weighted by atomic mass is 16.5. The average molecular weight is 425 g/mol. The fourth-order valence-electron chi connectivity index (χ4n) is 4.91. The summed E-state index contributed by atoms with van der Waals surface area (Å²) in [4.78, 5) is 32.9. The van der Waals surface area contributed by atoms with Crippen LogP contribution in [0.2, 0.25) is 0 Å². The maximum atomic E-state index is 13.5. The van der Waals surface area contributed by atoms with Crippen LogP contribution in [0.25, 0.3) is 0 Å². The van der Waals surface area contributed by atoms with Crippen molar-refractivity contribution < 1.29 is 14.3 Å². The molecule has 32 heavy (non-hydrogen) atoms. The van der Waals surface area contributed by atoms with E-state index >= 15 is 0 Å². The summed E-state index contributed by atoms with van der Waals surface area (Å²) in [6.07, 6.45) is 4.79. The van der Waals surface area contributed by atoms with Crippen molar-refractivity contribution in [2.24, 2.45) is 0 Å². The Hall–Kier alpha value is -3.73. The highest BCUT2D eigenvalue weighted by Crippen LogP contribution is 2.46. The zero-order valence-corrected chi connectivity index (χ0v) is 17.9. The van der Waals surface area contributed by atoms with Crippen LogP contribution in [0, 0.1) is 0 Å². The molecule has 0 spiro atoms. The van der Waals surface area contributed by atoms with Crippen molar-refractivity contribution in [1.82, 2.24) is 4.98 Å². The number of Topliss-reactive ketones (excluding diaryl/α,β-unsaturated/α-hetero) is 1. The SMILES string of the molecule is COc1ccc(N2C(=O)CC(c3ccncc3)C3=C2CC(c2ccccc2)CC3=O)cc1. The summed E-state index contributed by atoms with van der Waals surface area (Å²) < 4.78 is 5.28. The third kappa shape index (κ3) is 3.60. The van der Waals surface area contributed by atoms with Gasteiger partial charge in [-0.2, -0.15) is 0 Å². The fraction of sp³-hybridized carbons (Fsp3) is 0.222. The number of nitrogens with zero attached hydrogens (tertiary/aromatic N) is 2. The Kier molecular flexibility index (Phi) is 5.31. The molecule has 3 aromatic rings. The van der Waals surface area contributed by atoms with Crippen LogP contribution in [0.4, 0.5) is 5.69 Å². The topological polar surface area (TPSA) is 59.5 Å². The van der Waals surface area contributed by atoms with E-state index in [-0.39, 0.29) is 29.9 Å². The van der Waals surface area contributed by atoms with Crippen LogP contribution >= 0.6 is 0 Å². The monoisotopic (exact) mass is 424 g/mol. The molecule has 0 bridgehead atoms. The summed E-state index contributed by atoms with van der Waals surface area (Å²) in [5.74, 6) is 0.653. The maximum absolute atomic E-state index is 13.5. The van der Waals surface area contributed by atoms with Crippen LogP contribution in [-0.2, 0) is 9.59 Å². The van der Waals surface area contributed by atoms with Gasteiger partial charge in [0, 0.05) is 48.1 Å². The molecule has 160 valence electrons. The molecular weight excluding hydrogens is 400 g/mol. The smallest absolute Gasteiger partial charge is 0.232 e. The van der Waals surface area contributed by atoms with Crippen molar-refractivity contribution >= 4 is 17.4 Å². The van der Waals surface area contributed by atoms with E-state index in [1.165, 1.54) is 0 Å². The lowest BCUT2D eigenvalue weighted by atomic mass is 9.73. The highest BCUT2D eigenvalue weighted by molar-refractivity contribution is 6.07. The number of benzene rings is 2. The number of carbonyl (C=O) groups is 2. The summed E-state index contributed by atoms with van der Waals surface area (Å²) >= 11 is 0. The predicted octanol–water partition coefficient (Wildman–Crippen LogP) is 5.01. The van der Waals surface area contributed by atoms with E-state index in [1.807, 2.05) is 54.6 Å². The van der Waals surface area contributed by atoms with Gasteiger partial charge in [0.15, 0.2) is 5.78 Å². The van der Waals surface area contributed by atoms with Gasteiger partial charge in [0.1, 0.15) is 5.75 Å². The second-order valence-electron chi connectivity index (χ2n) is 8.26. The molecule has 0 saturated heterocycles. The molecule has 0 fully saturated rings. The molecule has 1 aromatic heterocycles. The van der Waals surface area contributed by atoms with E-state index in [9.17, 15) is 9.59 Å². The second kappa shape index (κ2) is 8.42. The summed E-state index contributed by atoms with van der Waals surface area (Å²) in [7, 11) is 1.62. The molecule has 5 heteroatoms. The van der Waals surface area contributed by atoms with Crippen LogP contribution in [0.1, 0.15) is 42.2 Å². The zero-order chi connectivity index (χ0) is 22.1. The van der Waals surface area contributed by atoms with E-state index in [1.54, 1.807) is 24.4 Å². The minimum Gasteiger partial charge on any atom is -0.497 e. The molecule has 2 aliphatic rings. The molecule has 2 aromatic carbocycles. The molecule has 0 saturated carbocycles. The first-order valence-electron chi connectivity index (χ1n) is 10.8. The number of hydrogen-bond donors (Lipinski definition) is 0. The Labute approximate surface area is 187 Å². The summed E-state index contributed by atoms with van der Waals surface area (Å²) in [6, 6.07) is 21.4. The van der Waals surface area contributed by atoms with Crippen LogP contribution in [0.3, 0.4) is 0 Å². The molecule has 0 radical (unpaired) electrons. The van der Waals surface area contributed by atoms with Gasteiger partial charge in [-0.05, 0) is 59.9 Å². The van der Waals surface area contributed by atoms with Gasteiger partial charge in [0.25, 0.3) is 0 Å². The van der Waals surface area contributed by atoms with E-state index < -0.39 is 0 Å². The van der Waals surface area contributed by atoms with E-state index in [2.05, 4.69) is 17.1 Å². The Balaban J connectivity index is 1.63. The van der Waals surface area contributed by atoms with E-state index in [0.29, 0.717) is 12.8 Å². The molecule has 2 heterocycles. The number of anilines is 1. The molecule has 5 rings (SSSR count). The summed E-state index contributed by atoms with van der Waals surface area (Å²) in [5, 5.41) is 0. The molecule has 5 nitrogen and oxygen atoms in total. The molecule has 2 unspecified atom stereocenters. The standard InChI is InChI=1S/C27H24N2O3/c1-32-22-9-7-21(8-10-22)29-24-15-20(18-5-3-2-4-6-18)16-25(30)27(24)23(17-26(29)31)19-11-13-28-14-12-19/h2-14,20,23H,15-17H2,1H3. The number of methoxy groups -OCH3 is 1. The summed E-state index contributed by atoms with van der Waals surface area (Å²) in [5.41, 5.74) is 4.43. The first kappa shape index (κ1) is 20.2. The summed E-state index contributed by atoms with van der Waals surface area (Å²) in [6.45, 7) is 0. The van der Waals surface area contributed by atoms with Crippen molar-refractivity contribution in [3.63, 3.8) is 0 Å². The van der Waals surface area contributed by atoms with E-state index in [4.69, 9.17) is 4.74 Å². The number of ketones is 1. The number of ether oxygens (including phenoxy) is 1.